The maximum Gasteiger partial charge on any atom is 0.262 e. The van der Waals surface area contributed by atoms with Gasteiger partial charge < -0.3 is 5.32 Å². The highest BCUT2D eigenvalue weighted by Gasteiger charge is 2.24. The molecule has 1 aliphatic carbocycles. The topological polar surface area (TPSA) is 87.8 Å². The van der Waals surface area contributed by atoms with Gasteiger partial charge in [0, 0.05) is 11.9 Å². The maximum atomic E-state index is 12.8. The number of amides is 1. The molecular weight excluding hydrogens is 424 g/mol. The van der Waals surface area contributed by atoms with Crippen LogP contribution in [0.15, 0.2) is 21.4 Å². The van der Waals surface area contributed by atoms with Crippen molar-refractivity contribution in [2.75, 3.05) is 5.32 Å². The first-order chi connectivity index (χ1) is 14.0. The lowest BCUT2D eigenvalue weighted by molar-refractivity contribution is -0.115. The van der Waals surface area contributed by atoms with Crippen molar-refractivity contribution in [1.29, 1.82) is 5.26 Å². The first kappa shape index (κ1) is 20.1. The minimum Gasteiger partial charge on any atom is -0.316 e. The van der Waals surface area contributed by atoms with Gasteiger partial charge in [-0.05, 0) is 49.6 Å². The molecule has 6 nitrogen and oxygen atoms in total. The van der Waals surface area contributed by atoms with E-state index in [2.05, 4.69) is 16.4 Å². The van der Waals surface area contributed by atoms with Gasteiger partial charge in [0.25, 0.3) is 5.56 Å². The summed E-state index contributed by atoms with van der Waals surface area (Å²) in [4.78, 5) is 31.7. The number of aromatic nitrogens is 2. The van der Waals surface area contributed by atoms with Crippen molar-refractivity contribution >= 4 is 55.6 Å². The van der Waals surface area contributed by atoms with Crippen LogP contribution in [-0.4, -0.2) is 20.7 Å². The van der Waals surface area contributed by atoms with E-state index in [1.807, 2.05) is 5.38 Å². The second-order valence-electron chi connectivity index (χ2n) is 7.03. The Kier molecular flexibility index (Phi) is 5.76. The van der Waals surface area contributed by atoms with E-state index in [4.69, 9.17) is 0 Å². The van der Waals surface area contributed by atoms with Crippen LogP contribution >= 0.6 is 34.4 Å². The van der Waals surface area contributed by atoms with Crippen LogP contribution in [0.2, 0.25) is 0 Å². The van der Waals surface area contributed by atoms with Gasteiger partial charge in [-0.3, -0.25) is 14.2 Å². The van der Waals surface area contributed by atoms with Crippen molar-refractivity contribution < 1.29 is 4.79 Å². The fraction of sp³-hybridized carbons (Fsp3) is 0.400. The number of fused-ring (bicyclic) bond motifs is 2. The van der Waals surface area contributed by atoms with Crippen molar-refractivity contribution in [3.8, 4) is 6.07 Å². The molecule has 0 unspecified atom stereocenters. The lowest BCUT2D eigenvalue weighted by Crippen LogP contribution is -2.25. The van der Waals surface area contributed by atoms with Gasteiger partial charge >= 0.3 is 0 Å². The summed E-state index contributed by atoms with van der Waals surface area (Å²) in [6.45, 7) is 1.79. The third-order valence-electron chi connectivity index (χ3n) is 5.09. The second kappa shape index (κ2) is 8.30. The number of anilines is 1. The molecule has 1 amide bonds. The molecule has 3 aromatic rings. The summed E-state index contributed by atoms with van der Waals surface area (Å²) in [7, 11) is 1.67. The third-order valence-corrected chi connectivity index (χ3v) is 8.24. The number of nitriles is 1. The zero-order chi connectivity index (χ0) is 20.5. The molecule has 0 spiro atoms. The lowest BCUT2D eigenvalue weighted by Gasteiger charge is -2.13. The molecule has 0 saturated heterocycles. The molecule has 3 heterocycles. The summed E-state index contributed by atoms with van der Waals surface area (Å²) < 4.78 is 1.48. The number of carbonyl (C=O) groups excluding carboxylic acids is 1. The number of thioether (sulfide) groups is 1. The van der Waals surface area contributed by atoms with Crippen molar-refractivity contribution in [2.24, 2.45) is 7.05 Å². The molecule has 0 aliphatic heterocycles. The monoisotopic (exact) mass is 444 g/mol. The van der Waals surface area contributed by atoms with E-state index in [9.17, 15) is 14.9 Å². The molecule has 0 radical (unpaired) electrons. The summed E-state index contributed by atoms with van der Waals surface area (Å²) in [6.07, 6.45) is 5.28. The number of hydrogen-bond acceptors (Lipinski definition) is 7. The summed E-state index contributed by atoms with van der Waals surface area (Å²) in [5.74, 6) is -0.191. The minimum atomic E-state index is -0.459. The third kappa shape index (κ3) is 3.84. The van der Waals surface area contributed by atoms with Crippen LogP contribution in [0.25, 0.3) is 10.2 Å². The highest BCUT2D eigenvalue weighted by molar-refractivity contribution is 8.00. The summed E-state index contributed by atoms with van der Waals surface area (Å²) in [5.41, 5.74) is 1.61. The molecule has 3 aromatic heterocycles. The summed E-state index contributed by atoms with van der Waals surface area (Å²) >= 11 is 4.19. The Hall–Kier alpha value is -2.15. The van der Waals surface area contributed by atoms with Gasteiger partial charge in [0.1, 0.15) is 15.9 Å². The van der Waals surface area contributed by atoms with Crippen LogP contribution in [-0.2, 0) is 24.7 Å². The average Bonchev–Trinajstić information content (AvgIpc) is 3.23. The van der Waals surface area contributed by atoms with Crippen LogP contribution in [0.1, 0.15) is 42.2 Å². The zero-order valence-corrected chi connectivity index (χ0v) is 18.6. The van der Waals surface area contributed by atoms with E-state index in [1.165, 1.54) is 50.3 Å². The number of rotatable bonds is 4. The Morgan fingerprint density at radius 2 is 2.17 bits per heavy atom. The highest BCUT2D eigenvalue weighted by Crippen LogP contribution is 2.37. The first-order valence-corrected chi connectivity index (χ1v) is 12.0. The highest BCUT2D eigenvalue weighted by atomic mass is 32.2. The van der Waals surface area contributed by atoms with Crippen LogP contribution in [0, 0.1) is 11.3 Å². The fourth-order valence-electron chi connectivity index (χ4n) is 3.46. The van der Waals surface area contributed by atoms with Crippen molar-refractivity contribution in [2.45, 2.75) is 49.4 Å². The van der Waals surface area contributed by atoms with Gasteiger partial charge in [-0.1, -0.05) is 18.2 Å². The quantitative estimate of drug-likeness (QED) is 0.368. The predicted molar refractivity (Wildman–Crippen MR) is 119 cm³/mol. The molecule has 1 aliphatic rings. The number of carbonyl (C=O) groups is 1. The van der Waals surface area contributed by atoms with E-state index in [0.717, 1.165) is 31.2 Å². The summed E-state index contributed by atoms with van der Waals surface area (Å²) in [5, 5.41) is 15.7. The number of hydrogen-bond donors (Lipinski definition) is 1. The van der Waals surface area contributed by atoms with E-state index in [0.29, 0.717) is 25.9 Å². The molecule has 1 N–H and O–H groups in total. The Labute approximate surface area is 180 Å². The van der Waals surface area contributed by atoms with Crippen LogP contribution in [0.5, 0.6) is 0 Å². The largest absolute Gasteiger partial charge is 0.316 e. The zero-order valence-electron chi connectivity index (χ0n) is 16.2. The molecule has 0 saturated carbocycles. The molecule has 1 atom stereocenters. The molecule has 0 bridgehead atoms. The van der Waals surface area contributed by atoms with Gasteiger partial charge in [-0.2, -0.15) is 5.26 Å². The van der Waals surface area contributed by atoms with Gasteiger partial charge in [0.05, 0.1) is 16.2 Å². The maximum absolute atomic E-state index is 12.8. The Bertz CT molecular complexity index is 1180. The molecule has 29 heavy (non-hydrogen) atoms. The van der Waals surface area contributed by atoms with Gasteiger partial charge in [0.2, 0.25) is 5.91 Å². The van der Waals surface area contributed by atoms with Crippen LogP contribution in [0.3, 0.4) is 0 Å². The Morgan fingerprint density at radius 1 is 1.38 bits per heavy atom. The molecule has 9 heteroatoms. The van der Waals surface area contributed by atoms with E-state index < -0.39 is 5.25 Å². The SMILES string of the molecule is C[C@@H](Sc1nc2sccc2c(=O)n1C)C(=O)Nc1sc2c(c1C#N)CCCCC2. The van der Waals surface area contributed by atoms with E-state index in [1.54, 1.807) is 20.0 Å². The van der Waals surface area contributed by atoms with Crippen molar-refractivity contribution in [1.82, 2.24) is 9.55 Å². The van der Waals surface area contributed by atoms with Crippen LogP contribution in [0.4, 0.5) is 5.00 Å². The average molecular weight is 445 g/mol. The number of nitrogens with zero attached hydrogens (tertiary/aromatic N) is 3. The minimum absolute atomic E-state index is 0.111. The standard InChI is InChI=1S/C20H20N4O2S3/c1-11(28-20-23-17-13(8-9-27-17)19(26)24(20)2)16(25)22-18-14(10-21)12-6-4-3-5-7-15(12)29-18/h8-9,11H,3-7H2,1-2H3,(H,22,25)/t11-/m1/s1. The van der Waals surface area contributed by atoms with E-state index in [-0.39, 0.29) is 11.5 Å². The van der Waals surface area contributed by atoms with Gasteiger partial charge in [-0.15, -0.1) is 22.7 Å². The predicted octanol–water partition coefficient (Wildman–Crippen LogP) is 4.32. The van der Waals surface area contributed by atoms with Crippen molar-refractivity contribution in [3.63, 3.8) is 0 Å². The smallest absolute Gasteiger partial charge is 0.262 e. The van der Waals surface area contributed by atoms with Gasteiger partial charge in [0.15, 0.2) is 5.16 Å². The Morgan fingerprint density at radius 3 is 2.97 bits per heavy atom. The molecule has 0 fully saturated rings. The fourth-order valence-corrected chi connectivity index (χ4v) is 6.38. The number of aryl methyl sites for hydroxylation is 1. The molecular formula is C20H20N4O2S3. The van der Waals surface area contributed by atoms with E-state index >= 15 is 0 Å². The normalized spacial score (nSPS) is 14.8. The first-order valence-electron chi connectivity index (χ1n) is 9.46. The van der Waals surface area contributed by atoms with Crippen LogP contribution < -0.4 is 10.9 Å². The number of nitrogens with one attached hydrogen (secondary N) is 1. The molecule has 150 valence electrons. The second-order valence-corrected chi connectivity index (χ2v) is 10.3. The lowest BCUT2D eigenvalue weighted by atomic mass is 10.1. The number of thiophene rings is 2. The van der Waals surface area contributed by atoms with Crippen molar-refractivity contribution in [3.05, 3.63) is 37.8 Å². The van der Waals surface area contributed by atoms with Gasteiger partial charge in [-0.25, -0.2) is 4.98 Å². The molecule has 4 rings (SSSR count). The molecule has 0 aromatic carbocycles. The Balaban J connectivity index is 1.55. The summed E-state index contributed by atoms with van der Waals surface area (Å²) in [6, 6.07) is 4.06.